The number of fused-ring (bicyclic) bond motifs is 1. The predicted molar refractivity (Wildman–Crippen MR) is 161 cm³/mol. The molecule has 3 saturated carbocycles. The first-order chi connectivity index (χ1) is 22.7. The Kier molecular flexibility index (Phi) is 8.10. The molecule has 4 N–H and O–H groups in total. The van der Waals surface area contributed by atoms with E-state index in [4.69, 9.17) is 9.47 Å². The van der Waals surface area contributed by atoms with Crippen molar-refractivity contribution in [3.63, 3.8) is 0 Å². The van der Waals surface area contributed by atoms with Crippen LogP contribution in [0.4, 0.5) is 30.4 Å². The Bertz CT molecular complexity index is 2080. The number of H-pyrrole nitrogens is 1. The number of anilines is 3. The predicted octanol–water partition coefficient (Wildman–Crippen LogP) is 3.72. The summed E-state index contributed by atoms with van der Waals surface area (Å²) in [4.78, 5) is 48.7. The largest absolute Gasteiger partial charge is 0.501 e. The minimum atomic E-state index is -5.69. The molecule has 0 unspecified atom stereocenters. The minimum absolute atomic E-state index is 0.00310. The number of halogens is 3. The van der Waals surface area contributed by atoms with E-state index in [1.54, 1.807) is 0 Å². The number of carbonyl (C=O) groups excluding carboxylic acids is 2. The Morgan fingerprint density at radius 3 is 2.48 bits per heavy atom. The van der Waals surface area contributed by atoms with Gasteiger partial charge in [-0.05, 0) is 49.4 Å². The van der Waals surface area contributed by atoms with E-state index in [9.17, 15) is 36.0 Å². The van der Waals surface area contributed by atoms with Gasteiger partial charge in [-0.25, -0.2) is 23.2 Å². The topological polar surface area (TPSA) is 208 Å². The lowest BCUT2D eigenvalue weighted by Gasteiger charge is -2.40. The molecule has 48 heavy (non-hydrogen) atoms. The van der Waals surface area contributed by atoms with Crippen LogP contribution >= 0.6 is 0 Å². The molecule has 0 radical (unpaired) electrons. The fraction of sp³-hybridized carbons (Fsp3) is 0.310. The van der Waals surface area contributed by atoms with Gasteiger partial charge < -0.3 is 25.4 Å². The highest BCUT2D eigenvalue weighted by Crippen LogP contribution is 2.60. The number of alkyl halides is 3. The summed E-state index contributed by atoms with van der Waals surface area (Å²) in [5, 5.41) is 12.2. The van der Waals surface area contributed by atoms with Crippen molar-refractivity contribution in [1.82, 2.24) is 20.1 Å². The number of nitrogens with zero attached hydrogens (tertiary/aromatic N) is 3. The summed E-state index contributed by atoms with van der Waals surface area (Å²) in [5.74, 6) is -1.39. The first-order valence-electron chi connectivity index (χ1n) is 14.2. The Morgan fingerprint density at radius 1 is 1.04 bits per heavy atom. The third kappa shape index (κ3) is 5.91. The van der Waals surface area contributed by atoms with Crippen molar-refractivity contribution in [3.8, 4) is 11.6 Å². The number of hydrogen-bond acceptors (Lipinski definition) is 12. The fourth-order valence-corrected chi connectivity index (χ4v) is 6.94. The SMILES string of the molecule is COc1cc(C(=O)Nc2cccc(S(=O)(=O)C(F)(F)F)c2)c(NC(=O)c2c(OC)ccnc2NC23CC(C2)[C@@H](c2noc(=O)[nH]2)C3)cn1. The first-order valence-corrected chi connectivity index (χ1v) is 15.7. The number of nitrogens with one attached hydrogen (secondary N) is 4. The third-order valence-corrected chi connectivity index (χ3v) is 9.81. The van der Waals surface area contributed by atoms with Crippen LogP contribution in [0.5, 0.6) is 11.6 Å². The zero-order chi connectivity index (χ0) is 34.4. The number of carbonyl (C=O) groups is 2. The number of methoxy groups -OCH3 is 2. The summed E-state index contributed by atoms with van der Waals surface area (Å²) in [7, 11) is -3.04. The molecule has 252 valence electrons. The Morgan fingerprint density at radius 2 is 1.81 bits per heavy atom. The van der Waals surface area contributed by atoms with Crippen molar-refractivity contribution in [2.24, 2.45) is 5.92 Å². The third-order valence-electron chi connectivity index (χ3n) is 8.32. The molecule has 3 aliphatic carbocycles. The molecule has 1 aromatic carbocycles. The second kappa shape index (κ2) is 12.0. The number of aromatic amines is 1. The summed E-state index contributed by atoms with van der Waals surface area (Å²) in [6.07, 6.45) is 4.60. The smallest absolute Gasteiger partial charge is 0.496 e. The van der Waals surface area contributed by atoms with Crippen LogP contribution in [0.3, 0.4) is 0 Å². The molecule has 2 amide bonds. The molecule has 0 spiro atoms. The van der Waals surface area contributed by atoms with Crippen molar-refractivity contribution in [2.45, 2.75) is 41.1 Å². The summed E-state index contributed by atoms with van der Waals surface area (Å²) in [6.45, 7) is 0. The van der Waals surface area contributed by atoms with Gasteiger partial charge in [0, 0.05) is 29.4 Å². The highest BCUT2D eigenvalue weighted by molar-refractivity contribution is 7.92. The summed E-state index contributed by atoms with van der Waals surface area (Å²) >= 11 is 0. The molecule has 0 aliphatic heterocycles. The maximum Gasteiger partial charge on any atom is 0.501 e. The van der Waals surface area contributed by atoms with Crippen LogP contribution in [0.2, 0.25) is 0 Å². The van der Waals surface area contributed by atoms with Crippen LogP contribution in [-0.2, 0) is 9.84 Å². The van der Waals surface area contributed by atoms with Gasteiger partial charge in [0.25, 0.3) is 21.7 Å². The molecule has 0 saturated heterocycles. The lowest BCUT2D eigenvalue weighted by molar-refractivity contribution is -0.0436. The molecule has 7 rings (SSSR count). The van der Waals surface area contributed by atoms with E-state index in [-0.39, 0.29) is 51.8 Å². The fourth-order valence-electron chi connectivity index (χ4n) is 6.13. The molecule has 3 heterocycles. The van der Waals surface area contributed by atoms with E-state index in [0.29, 0.717) is 31.2 Å². The number of hydrogen-bond donors (Lipinski definition) is 4. The van der Waals surface area contributed by atoms with Gasteiger partial charge >= 0.3 is 11.3 Å². The van der Waals surface area contributed by atoms with Gasteiger partial charge in [0.1, 0.15) is 17.1 Å². The molecular weight excluding hydrogens is 663 g/mol. The Balaban J connectivity index is 1.26. The van der Waals surface area contributed by atoms with Crippen molar-refractivity contribution >= 4 is 38.8 Å². The van der Waals surface area contributed by atoms with Crippen LogP contribution in [0, 0.1) is 5.92 Å². The molecule has 2 bridgehead atoms. The molecule has 19 heteroatoms. The van der Waals surface area contributed by atoms with E-state index >= 15 is 0 Å². The standard InChI is InChI=1S/C29H26F3N7O8S/c1-45-20-6-7-33-24(38-28-10-14(11-28)18(12-28)23-37-27(42)47-39-23)22(20)26(41)36-19-13-34-21(46-2)9-17(19)25(40)35-15-4-3-5-16(8-15)48(43,44)29(30,31)32/h3-9,13-14,18H,10-12H2,1-2H3,(H,33,38)(H,35,40)(H,36,41)(H,37,39,42)/t14?,18-,28?/m0/s1. The second-order valence-corrected chi connectivity index (χ2v) is 13.2. The van der Waals surface area contributed by atoms with E-state index in [2.05, 4.69) is 40.6 Å². The van der Waals surface area contributed by atoms with Crippen LogP contribution in [-0.4, -0.2) is 65.6 Å². The Hall–Kier alpha value is -5.46. The summed E-state index contributed by atoms with van der Waals surface area (Å²) in [6, 6.07) is 6.29. The first kappa shape index (κ1) is 32.5. The molecule has 3 aliphatic rings. The van der Waals surface area contributed by atoms with Crippen molar-refractivity contribution in [2.75, 3.05) is 30.2 Å². The number of amides is 2. The van der Waals surface area contributed by atoms with Crippen molar-refractivity contribution in [1.29, 1.82) is 0 Å². The Labute approximate surface area is 269 Å². The van der Waals surface area contributed by atoms with Gasteiger partial charge in [-0.3, -0.25) is 19.1 Å². The van der Waals surface area contributed by atoms with E-state index in [1.165, 1.54) is 38.6 Å². The van der Waals surface area contributed by atoms with Crippen LogP contribution in [0.1, 0.15) is 51.7 Å². The summed E-state index contributed by atoms with van der Waals surface area (Å²) in [5.41, 5.74) is -6.60. The van der Waals surface area contributed by atoms with E-state index < -0.39 is 43.4 Å². The van der Waals surface area contributed by atoms with Gasteiger partial charge in [-0.1, -0.05) is 11.2 Å². The summed E-state index contributed by atoms with van der Waals surface area (Å²) < 4.78 is 78.4. The average molecular weight is 690 g/mol. The van der Waals surface area contributed by atoms with Crippen LogP contribution in [0.25, 0.3) is 0 Å². The number of sulfone groups is 1. The van der Waals surface area contributed by atoms with Crippen LogP contribution < -0.4 is 31.2 Å². The zero-order valence-electron chi connectivity index (χ0n) is 25.0. The van der Waals surface area contributed by atoms with Gasteiger partial charge in [0.2, 0.25) is 5.88 Å². The normalized spacial score (nSPS) is 20.0. The van der Waals surface area contributed by atoms with Gasteiger partial charge in [0.05, 0.1) is 36.6 Å². The van der Waals surface area contributed by atoms with E-state index in [0.717, 1.165) is 18.3 Å². The maximum atomic E-state index is 13.8. The average Bonchev–Trinajstić information content (AvgIpc) is 3.73. The highest BCUT2D eigenvalue weighted by Gasteiger charge is 2.58. The number of benzene rings is 1. The lowest BCUT2D eigenvalue weighted by Crippen LogP contribution is -2.43. The molecule has 4 aromatic rings. The number of aromatic nitrogens is 4. The van der Waals surface area contributed by atoms with E-state index in [1.807, 2.05) is 0 Å². The highest BCUT2D eigenvalue weighted by atomic mass is 32.2. The maximum absolute atomic E-state index is 13.8. The van der Waals surface area contributed by atoms with Gasteiger partial charge in [-0.2, -0.15) is 13.2 Å². The molecule has 15 nitrogen and oxygen atoms in total. The van der Waals surface area contributed by atoms with Crippen molar-refractivity contribution < 1.29 is 45.2 Å². The quantitative estimate of drug-likeness (QED) is 0.188. The zero-order valence-corrected chi connectivity index (χ0v) is 25.9. The number of rotatable bonds is 10. The lowest BCUT2D eigenvalue weighted by atomic mass is 9.76. The van der Waals surface area contributed by atoms with Crippen LogP contribution in [0.15, 0.2) is 63.0 Å². The molecule has 3 aromatic heterocycles. The van der Waals surface area contributed by atoms with Crippen molar-refractivity contribution in [3.05, 3.63) is 76.3 Å². The molecule has 1 atom stereocenters. The molecular formula is C29H26F3N7O8S. The van der Waals surface area contributed by atoms with Gasteiger partial charge in [-0.15, -0.1) is 0 Å². The van der Waals surface area contributed by atoms with Gasteiger partial charge in [0.15, 0.2) is 5.82 Å². The number of ether oxygens (including phenoxy) is 2. The number of pyridine rings is 2. The monoisotopic (exact) mass is 689 g/mol. The minimum Gasteiger partial charge on any atom is -0.496 e. The second-order valence-electron chi connectivity index (χ2n) is 11.3. The molecule has 3 fully saturated rings.